The van der Waals surface area contributed by atoms with E-state index in [-0.39, 0.29) is 16.3 Å². The second-order valence-corrected chi connectivity index (χ2v) is 15.4. The third kappa shape index (κ3) is 4.07. The van der Waals surface area contributed by atoms with Gasteiger partial charge in [-0.2, -0.15) is 0 Å². The van der Waals surface area contributed by atoms with Crippen molar-refractivity contribution in [2.75, 3.05) is 0 Å². The molecule has 0 radical (unpaired) electrons. The summed E-state index contributed by atoms with van der Waals surface area (Å²) in [7, 11) is 0. The van der Waals surface area contributed by atoms with Crippen LogP contribution in [0.15, 0.2) is 115 Å². The van der Waals surface area contributed by atoms with E-state index in [2.05, 4.69) is 41.4 Å². The zero-order chi connectivity index (χ0) is 24.5. The van der Waals surface area contributed by atoms with Crippen molar-refractivity contribution < 1.29 is 4.39 Å². The molecule has 0 spiro atoms. The predicted octanol–water partition coefficient (Wildman–Crippen LogP) is 7.50. The Bertz CT molecular complexity index is 1360. The van der Waals surface area contributed by atoms with Gasteiger partial charge in [-0.3, -0.25) is 0 Å². The van der Waals surface area contributed by atoms with Crippen LogP contribution in [0, 0.1) is 5.82 Å². The molecular weight excluding hydrogens is 521 g/mol. The SMILES string of the molecule is Fc1ccc(-n2c(Cl)nc(Cl)c2CP(Cl)(c2ccccc2)(c2ccccc2)c2ccccc2)cc1. The first kappa shape index (κ1) is 24.0. The number of hydrogen-bond acceptors (Lipinski definition) is 1. The Morgan fingerprint density at radius 1 is 0.657 bits per heavy atom. The standard InChI is InChI=1S/C28H21Cl3FN2P/c29-27-26(34(28(30)33-27)22-18-16-21(32)17-19-22)20-35(31,23-10-4-1-5-11-23,24-12-6-2-7-13-24)25-14-8-3-9-15-25/h1-19H,20H2. The summed E-state index contributed by atoms with van der Waals surface area (Å²) < 4.78 is 15.5. The summed E-state index contributed by atoms with van der Waals surface area (Å²) in [5, 5.41) is 3.44. The Morgan fingerprint density at radius 2 is 1.09 bits per heavy atom. The maximum atomic E-state index is 13.7. The van der Waals surface area contributed by atoms with Crippen LogP contribution < -0.4 is 15.9 Å². The van der Waals surface area contributed by atoms with E-state index in [1.807, 2.05) is 54.6 Å². The molecule has 2 nitrogen and oxygen atoms in total. The van der Waals surface area contributed by atoms with Crippen molar-refractivity contribution in [1.82, 2.24) is 9.55 Å². The van der Waals surface area contributed by atoms with Crippen molar-refractivity contribution in [2.24, 2.45) is 0 Å². The van der Waals surface area contributed by atoms with Crippen LogP contribution in [0.3, 0.4) is 0 Å². The number of halogens is 4. The maximum absolute atomic E-state index is 13.7. The predicted molar refractivity (Wildman–Crippen MR) is 148 cm³/mol. The van der Waals surface area contributed by atoms with E-state index in [4.69, 9.17) is 34.4 Å². The molecule has 0 atom stereocenters. The zero-order valence-electron chi connectivity index (χ0n) is 18.5. The molecule has 0 saturated carbocycles. The summed E-state index contributed by atoms with van der Waals surface area (Å²) in [6.45, 7) is 0. The fraction of sp³-hybridized carbons (Fsp3) is 0.0357. The van der Waals surface area contributed by atoms with Crippen molar-refractivity contribution in [3.63, 3.8) is 0 Å². The van der Waals surface area contributed by atoms with Gasteiger partial charge in [0, 0.05) is 0 Å². The van der Waals surface area contributed by atoms with Crippen molar-refractivity contribution >= 4 is 56.3 Å². The number of benzene rings is 4. The first-order valence-electron chi connectivity index (χ1n) is 11.0. The molecule has 35 heavy (non-hydrogen) atoms. The van der Waals surface area contributed by atoms with Gasteiger partial charge in [-0.15, -0.1) is 0 Å². The molecular formula is C28H21Cl3FN2P. The summed E-state index contributed by atoms with van der Waals surface area (Å²) >= 11 is 21.5. The normalized spacial score (nSPS) is 12.7. The van der Waals surface area contributed by atoms with Crippen molar-refractivity contribution in [2.45, 2.75) is 6.16 Å². The van der Waals surface area contributed by atoms with E-state index < -0.39 is 5.96 Å². The van der Waals surface area contributed by atoms with Gasteiger partial charge in [-0.25, -0.2) is 0 Å². The molecule has 0 unspecified atom stereocenters. The molecule has 176 valence electrons. The van der Waals surface area contributed by atoms with Crippen molar-refractivity contribution in [3.8, 4) is 5.69 Å². The second-order valence-electron chi connectivity index (χ2n) is 8.28. The average molecular weight is 542 g/mol. The van der Waals surface area contributed by atoms with Gasteiger partial charge in [0.05, 0.1) is 0 Å². The van der Waals surface area contributed by atoms with Crippen LogP contribution in [-0.4, -0.2) is 9.55 Å². The van der Waals surface area contributed by atoms with E-state index in [0.29, 0.717) is 17.5 Å². The monoisotopic (exact) mass is 540 g/mol. The van der Waals surface area contributed by atoms with E-state index in [1.165, 1.54) is 12.1 Å². The molecule has 0 saturated heterocycles. The van der Waals surface area contributed by atoms with Gasteiger partial charge in [-0.05, 0) is 0 Å². The summed E-state index contributed by atoms with van der Waals surface area (Å²) in [4.78, 5) is 4.37. The zero-order valence-corrected chi connectivity index (χ0v) is 21.7. The fourth-order valence-corrected chi connectivity index (χ4v) is 11.3. The first-order valence-corrected chi connectivity index (χ1v) is 15.1. The minimum absolute atomic E-state index is 0.188. The van der Waals surface area contributed by atoms with Gasteiger partial charge in [0.15, 0.2) is 0 Å². The number of aromatic nitrogens is 2. The Hall–Kier alpha value is -2.68. The molecule has 0 aliphatic carbocycles. The Kier molecular flexibility index (Phi) is 6.46. The number of nitrogens with zero attached hydrogens (tertiary/aromatic N) is 2. The fourth-order valence-electron chi connectivity index (χ4n) is 4.61. The van der Waals surface area contributed by atoms with Gasteiger partial charge in [-0.1, -0.05) is 0 Å². The van der Waals surface area contributed by atoms with Crippen LogP contribution >= 0.6 is 40.4 Å². The van der Waals surface area contributed by atoms with Crippen LogP contribution in [0.5, 0.6) is 0 Å². The van der Waals surface area contributed by atoms with E-state index in [9.17, 15) is 4.39 Å². The number of rotatable bonds is 6. The third-order valence-corrected chi connectivity index (χ3v) is 14.0. The molecule has 5 aromatic rings. The van der Waals surface area contributed by atoms with Gasteiger partial charge < -0.3 is 0 Å². The molecule has 1 heterocycles. The van der Waals surface area contributed by atoms with Crippen molar-refractivity contribution in [3.05, 3.63) is 137 Å². The third-order valence-electron chi connectivity index (χ3n) is 6.30. The second kappa shape index (κ2) is 9.41. The topological polar surface area (TPSA) is 17.8 Å². The van der Waals surface area contributed by atoms with Crippen LogP contribution in [0.4, 0.5) is 4.39 Å². The molecule has 7 heteroatoms. The van der Waals surface area contributed by atoms with Gasteiger partial charge in [0.25, 0.3) is 0 Å². The molecule has 0 aliphatic heterocycles. The van der Waals surface area contributed by atoms with Crippen LogP contribution in [0.1, 0.15) is 5.69 Å². The summed E-state index contributed by atoms with van der Waals surface area (Å²) in [6.07, 6.45) is 0.348. The van der Waals surface area contributed by atoms with Crippen LogP contribution in [-0.2, 0) is 6.16 Å². The molecule has 0 bridgehead atoms. The van der Waals surface area contributed by atoms with Gasteiger partial charge in [0.2, 0.25) is 0 Å². The molecule has 0 aliphatic rings. The minimum atomic E-state index is -3.69. The van der Waals surface area contributed by atoms with Crippen LogP contribution in [0.25, 0.3) is 5.69 Å². The Balaban J connectivity index is 1.86. The van der Waals surface area contributed by atoms with Gasteiger partial charge >= 0.3 is 219 Å². The molecule has 0 fully saturated rings. The first-order chi connectivity index (χ1) is 16.9. The summed E-state index contributed by atoms with van der Waals surface area (Å²) in [5.41, 5.74) is 1.31. The quantitative estimate of drug-likeness (QED) is 0.204. The Morgan fingerprint density at radius 3 is 1.51 bits per heavy atom. The molecule has 5 rings (SSSR count). The Labute approximate surface area is 218 Å². The summed E-state index contributed by atoms with van der Waals surface area (Å²) in [6, 6.07) is 36.4. The van der Waals surface area contributed by atoms with Crippen LogP contribution in [0.2, 0.25) is 10.4 Å². The van der Waals surface area contributed by atoms with E-state index >= 15 is 0 Å². The van der Waals surface area contributed by atoms with E-state index in [1.54, 1.807) is 16.7 Å². The molecule has 0 N–H and O–H groups in total. The number of imidazole rings is 1. The molecule has 0 amide bonds. The number of hydrogen-bond donors (Lipinski definition) is 0. The average Bonchev–Trinajstić information content (AvgIpc) is 3.18. The van der Waals surface area contributed by atoms with Gasteiger partial charge in [0.1, 0.15) is 0 Å². The van der Waals surface area contributed by atoms with E-state index in [0.717, 1.165) is 15.9 Å². The summed E-state index contributed by atoms with van der Waals surface area (Å²) in [5.74, 6) is -4.03. The van der Waals surface area contributed by atoms with Crippen molar-refractivity contribution in [1.29, 1.82) is 0 Å². The molecule has 4 aromatic carbocycles. The molecule has 1 aromatic heterocycles.